The molecule has 0 atom stereocenters. The molecule has 0 spiro atoms. The normalized spacial score (nSPS) is 10.2. The molecule has 0 bridgehead atoms. The molecule has 0 unspecified atom stereocenters. The van der Waals surface area contributed by atoms with E-state index in [0.29, 0.717) is 12.2 Å². The number of hydrogen-bond acceptors (Lipinski definition) is 3. The molecule has 0 heterocycles. The Morgan fingerprint density at radius 1 is 1.20 bits per heavy atom. The lowest BCUT2D eigenvalue weighted by molar-refractivity contribution is 0.0499. The molecule has 0 saturated carbocycles. The van der Waals surface area contributed by atoms with Crippen LogP contribution in [-0.2, 0) is 4.74 Å². The number of carbonyl (C=O) groups is 1. The van der Waals surface area contributed by atoms with Gasteiger partial charge in [0.2, 0.25) is 5.39 Å². The van der Waals surface area contributed by atoms with Gasteiger partial charge in [0.15, 0.2) is 10.5 Å². The van der Waals surface area contributed by atoms with Gasteiger partial charge >= 0.3 is 11.7 Å². The van der Waals surface area contributed by atoms with Crippen molar-refractivity contribution in [3.8, 4) is 0 Å². The van der Waals surface area contributed by atoms with E-state index in [0.717, 1.165) is 30.0 Å². The van der Waals surface area contributed by atoms with E-state index in [4.69, 9.17) is 10.1 Å². The van der Waals surface area contributed by atoms with Crippen LogP contribution < -0.4 is 0 Å². The molecule has 2 rings (SSSR count). The smallest absolute Gasteiger partial charge is 0.400 e. The Labute approximate surface area is 118 Å². The van der Waals surface area contributed by atoms with Crippen LogP contribution in [0.4, 0.5) is 5.69 Å². The first-order valence-electron chi connectivity index (χ1n) is 6.81. The Morgan fingerprint density at radius 2 is 1.90 bits per heavy atom. The summed E-state index contributed by atoms with van der Waals surface area (Å²) >= 11 is 0. The van der Waals surface area contributed by atoms with Crippen molar-refractivity contribution in [1.29, 1.82) is 5.39 Å². The minimum Gasteiger partial charge on any atom is -0.462 e. The van der Waals surface area contributed by atoms with Gasteiger partial charge in [0.1, 0.15) is 0 Å². The molecule has 0 aromatic heterocycles. The number of nitrogens with zero attached hydrogens (tertiary/aromatic N) is 2. The number of carbonyl (C=O) groups excluding carboxylic acids is 1. The molecular formula is C16H17N2O2+. The Bertz CT molecular complexity index is 659. The average molecular weight is 269 g/mol. The van der Waals surface area contributed by atoms with Gasteiger partial charge in [-0.25, -0.2) is 4.79 Å². The van der Waals surface area contributed by atoms with Crippen LogP contribution in [0.15, 0.2) is 36.4 Å². The van der Waals surface area contributed by atoms with E-state index in [2.05, 4.69) is 11.9 Å². The van der Waals surface area contributed by atoms with Crippen molar-refractivity contribution in [2.45, 2.75) is 26.2 Å². The molecule has 2 aromatic carbocycles. The lowest BCUT2D eigenvalue weighted by Crippen LogP contribution is -2.06. The fourth-order valence-electron chi connectivity index (χ4n) is 2.07. The summed E-state index contributed by atoms with van der Waals surface area (Å²) in [7, 11) is 0. The van der Waals surface area contributed by atoms with E-state index in [-0.39, 0.29) is 5.69 Å². The third-order valence-electron chi connectivity index (χ3n) is 3.17. The third kappa shape index (κ3) is 3.12. The van der Waals surface area contributed by atoms with Crippen LogP contribution in [-0.4, -0.2) is 12.6 Å². The van der Waals surface area contributed by atoms with Gasteiger partial charge in [-0.05, 0) is 23.3 Å². The average Bonchev–Trinajstić information content (AvgIpc) is 2.50. The maximum absolute atomic E-state index is 12.0. The second-order valence-corrected chi connectivity index (χ2v) is 4.66. The molecule has 0 aliphatic heterocycles. The molecule has 0 amide bonds. The van der Waals surface area contributed by atoms with Crippen LogP contribution in [0.1, 0.15) is 36.5 Å². The van der Waals surface area contributed by atoms with Gasteiger partial charge in [-0.15, -0.1) is 0 Å². The first kappa shape index (κ1) is 14.0. The highest BCUT2D eigenvalue weighted by atomic mass is 16.5. The number of rotatable bonds is 5. The van der Waals surface area contributed by atoms with Gasteiger partial charge in [-0.2, -0.15) is 0 Å². The van der Waals surface area contributed by atoms with Crippen LogP contribution in [0.5, 0.6) is 0 Å². The number of unbranched alkanes of at least 4 members (excludes halogenated alkanes) is 2. The second-order valence-electron chi connectivity index (χ2n) is 4.66. The van der Waals surface area contributed by atoms with E-state index in [1.165, 1.54) is 0 Å². The topological polar surface area (TPSA) is 54.5 Å². The van der Waals surface area contributed by atoms with E-state index < -0.39 is 5.97 Å². The van der Waals surface area contributed by atoms with Crippen LogP contribution in [0.25, 0.3) is 15.7 Å². The quantitative estimate of drug-likeness (QED) is 0.450. The number of benzene rings is 2. The number of diazo groups is 1. The second kappa shape index (κ2) is 6.67. The molecule has 4 nitrogen and oxygen atoms in total. The molecule has 2 aromatic rings. The minimum absolute atomic E-state index is 0.240. The molecule has 20 heavy (non-hydrogen) atoms. The van der Waals surface area contributed by atoms with E-state index in [9.17, 15) is 4.79 Å². The van der Waals surface area contributed by atoms with Gasteiger partial charge in [0.25, 0.3) is 0 Å². The zero-order valence-corrected chi connectivity index (χ0v) is 11.5. The zero-order chi connectivity index (χ0) is 14.4. The molecule has 0 aliphatic carbocycles. The molecule has 4 heteroatoms. The van der Waals surface area contributed by atoms with Crippen molar-refractivity contribution >= 4 is 22.4 Å². The number of esters is 1. The third-order valence-corrected chi connectivity index (χ3v) is 3.17. The number of fused-ring (bicyclic) bond motifs is 1. The lowest BCUT2D eigenvalue weighted by atomic mass is 10.1. The maximum Gasteiger partial charge on any atom is 0.400 e. The highest BCUT2D eigenvalue weighted by molar-refractivity contribution is 6.01. The van der Waals surface area contributed by atoms with Crippen LogP contribution in [0.3, 0.4) is 0 Å². The Kier molecular flexibility index (Phi) is 4.67. The predicted octanol–water partition coefficient (Wildman–Crippen LogP) is 4.67. The lowest BCUT2D eigenvalue weighted by Gasteiger charge is -2.04. The Hall–Kier alpha value is -2.41. The van der Waals surface area contributed by atoms with Crippen molar-refractivity contribution in [3.63, 3.8) is 0 Å². The molecule has 0 saturated heterocycles. The maximum atomic E-state index is 12.0. The Balaban J connectivity index is 2.24. The van der Waals surface area contributed by atoms with E-state index in [1.807, 2.05) is 24.3 Å². The summed E-state index contributed by atoms with van der Waals surface area (Å²) in [5.41, 5.74) is 0.534. The van der Waals surface area contributed by atoms with E-state index in [1.54, 1.807) is 12.1 Å². The summed E-state index contributed by atoms with van der Waals surface area (Å²) in [6.07, 6.45) is 2.95. The molecular weight excluding hydrogens is 252 g/mol. The number of ether oxygens (including phenoxy) is 1. The summed E-state index contributed by atoms with van der Waals surface area (Å²) < 4.78 is 5.21. The van der Waals surface area contributed by atoms with Gasteiger partial charge in [0, 0.05) is 6.07 Å². The first-order chi connectivity index (χ1) is 9.76. The van der Waals surface area contributed by atoms with Gasteiger partial charge in [-0.3, -0.25) is 0 Å². The van der Waals surface area contributed by atoms with Crippen molar-refractivity contribution in [2.75, 3.05) is 6.61 Å². The SMILES string of the molecule is CCCCCOC(=O)c1cc2ccccc2cc1[N+]#N. The molecule has 0 radical (unpaired) electrons. The summed E-state index contributed by atoms with van der Waals surface area (Å²) in [6.45, 7) is 2.48. The van der Waals surface area contributed by atoms with Gasteiger partial charge in [-0.1, -0.05) is 44.0 Å². The molecule has 0 N–H and O–H groups in total. The van der Waals surface area contributed by atoms with Crippen molar-refractivity contribution in [3.05, 3.63) is 46.9 Å². The summed E-state index contributed by atoms with van der Waals surface area (Å²) in [5.74, 6) is -0.445. The fraction of sp³-hybridized carbons (Fsp3) is 0.312. The number of hydrogen-bond donors (Lipinski definition) is 0. The largest absolute Gasteiger partial charge is 0.462 e. The summed E-state index contributed by atoms with van der Waals surface area (Å²) in [6, 6.07) is 11.0. The van der Waals surface area contributed by atoms with Crippen molar-refractivity contribution in [2.24, 2.45) is 0 Å². The standard InChI is InChI=1S/C16H17N2O2/c1-2-3-6-9-20-16(19)14-10-12-7-4-5-8-13(12)11-15(14)18-17/h4-5,7-8,10-11H,2-3,6,9H2,1H3/q+1. The van der Waals surface area contributed by atoms with Crippen molar-refractivity contribution in [1.82, 2.24) is 0 Å². The van der Waals surface area contributed by atoms with Gasteiger partial charge in [0.05, 0.1) is 6.61 Å². The zero-order valence-electron chi connectivity index (χ0n) is 11.5. The monoisotopic (exact) mass is 269 g/mol. The summed E-state index contributed by atoms with van der Waals surface area (Å²) in [4.78, 5) is 15.2. The first-order valence-corrected chi connectivity index (χ1v) is 6.81. The predicted molar refractivity (Wildman–Crippen MR) is 78.5 cm³/mol. The highest BCUT2D eigenvalue weighted by Gasteiger charge is 2.22. The van der Waals surface area contributed by atoms with Gasteiger partial charge < -0.3 is 4.74 Å². The highest BCUT2D eigenvalue weighted by Crippen LogP contribution is 2.27. The van der Waals surface area contributed by atoms with Crippen LogP contribution in [0.2, 0.25) is 0 Å². The fourth-order valence-corrected chi connectivity index (χ4v) is 2.07. The minimum atomic E-state index is -0.445. The molecule has 102 valence electrons. The molecule has 0 aliphatic rings. The molecule has 0 fully saturated rings. The van der Waals surface area contributed by atoms with Crippen LogP contribution >= 0.6 is 0 Å². The Morgan fingerprint density at radius 3 is 2.55 bits per heavy atom. The van der Waals surface area contributed by atoms with Crippen molar-refractivity contribution < 1.29 is 9.53 Å². The van der Waals surface area contributed by atoms with Crippen LogP contribution in [0, 0.1) is 5.39 Å². The van der Waals surface area contributed by atoms with E-state index >= 15 is 0 Å². The summed E-state index contributed by atoms with van der Waals surface area (Å²) in [5, 5.41) is 10.9.